The summed E-state index contributed by atoms with van der Waals surface area (Å²) in [6.45, 7) is 2.08. The molecule has 2 amide bonds. The van der Waals surface area contributed by atoms with Crippen molar-refractivity contribution < 1.29 is 22.7 Å². The van der Waals surface area contributed by atoms with E-state index >= 15 is 0 Å². The molecule has 0 saturated carbocycles. The molecule has 0 bridgehead atoms. The van der Waals surface area contributed by atoms with Crippen LogP contribution in [-0.2, 0) is 19.6 Å². The second-order valence-electron chi connectivity index (χ2n) is 7.90. The number of sulfonamides is 1. The van der Waals surface area contributed by atoms with Crippen LogP contribution in [0.2, 0.25) is 5.02 Å². The van der Waals surface area contributed by atoms with Crippen LogP contribution in [0.25, 0.3) is 0 Å². The van der Waals surface area contributed by atoms with Crippen LogP contribution >= 0.6 is 11.6 Å². The Balaban J connectivity index is 1.88. The molecule has 0 radical (unpaired) electrons. The number of hydrogen-bond donors (Lipinski definition) is 2. The molecule has 0 unspecified atom stereocenters. The molecule has 0 aromatic heterocycles. The summed E-state index contributed by atoms with van der Waals surface area (Å²) >= 11 is 6.26. The van der Waals surface area contributed by atoms with Gasteiger partial charge in [-0.15, -0.1) is 0 Å². The number of hydrogen-bond acceptors (Lipinski definition) is 5. The van der Waals surface area contributed by atoms with Crippen LogP contribution in [-0.4, -0.2) is 47.0 Å². The first-order chi connectivity index (χ1) is 17.3. The Morgan fingerprint density at radius 2 is 1.67 bits per heavy atom. The van der Waals surface area contributed by atoms with Gasteiger partial charge in [0.15, 0.2) is 0 Å². The van der Waals surface area contributed by atoms with Crippen molar-refractivity contribution >= 4 is 44.8 Å². The molecular formula is C26H28ClN3O5S. The number of rotatable bonds is 11. The number of nitrogens with one attached hydrogen (secondary N) is 2. The van der Waals surface area contributed by atoms with Crippen molar-refractivity contribution in [3.8, 4) is 0 Å². The molecule has 3 rings (SSSR count). The van der Waals surface area contributed by atoms with E-state index in [9.17, 15) is 18.0 Å². The number of halogens is 1. The van der Waals surface area contributed by atoms with Crippen LogP contribution in [0.1, 0.15) is 22.3 Å². The van der Waals surface area contributed by atoms with Crippen molar-refractivity contribution in [1.82, 2.24) is 5.32 Å². The highest BCUT2D eigenvalue weighted by Gasteiger charge is 2.29. The summed E-state index contributed by atoms with van der Waals surface area (Å²) in [6.07, 6.45) is 0.641. The molecular weight excluding hydrogens is 502 g/mol. The number of nitrogens with zero attached hydrogens (tertiary/aromatic N) is 1. The summed E-state index contributed by atoms with van der Waals surface area (Å²) in [5.74, 6) is -0.977. The molecule has 0 aliphatic carbocycles. The SMILES string of the molecule is COCCCNC(=O)c1ccccc1NC(=O)CN(c1cccc(Cl)c1C)S(=O)(=O)c1ccccc1. The average molecular weight is 530 g/mol. The first-order valence-electron chi connectivity index (χ1n) is 11.2. The molecule has 2 N–H and O–H groups in total. The number of amides is 2. The van der Waals surface area contributed by atoms with Gasteiger partial charge in [0.1, 0.15) is 6.54 Å². The summed E-state index contributed by atoms with van der Waals surface area (Å²) in [5.41, 5.74) is 1.33. The molecule has 3 aromatic rings. The highest BCUT2D eigenvalue weighted by molar-refractivity contribution is 7.92. The summed E-state index contributed by atoms with van der Waals surface area (Å²) in [4.78, 5) is 25.8. The van der Waals surface area contributed by atoms with E-state index in [1.54, 1.807) is 74.7 Å². The van der Waals surface area contributed by atoms with Crippen LogP contribution < -0.4 is 14.9 Å². The van der Waals surface area contributed by atoms with Crippen molar-refractivity contribution in [3.63, 3.8) is 0 Å². The van der Waals surface area contributed by atoms with Crippen LogP contribution in [0.3, 0.4) is 0 Å². The molecule has 0 fully saturated rings. The first kappa shape index (κ1) is 27.2. The Bertz CT molecular complexity index is 1320. The Kier molecular flexibility index (Phi) is 9.46. The van der Waals surface area contributed by atoms with Gasteiger partial charge >= 0.3 is 0 Å². The smallest absolute Gasteiger partial charge is 0.264 e. The lowest BCUT2D eigenvalue weighted by Crippen LogP contribution is -2.39. The van der Waals surface area contributed by atoms with E-state index < -0.39 is 22.5 Å². The monoisotopic (exact) mass is 529 g/mol. The number of anilines is 2. The standard InChI is InChI=1S/C26H28ClN3O5S/c1-19-22(27)13-8-15-24(19)30(36(33,34)20-10-4-3-5-11-20)18-25(31)29-23-14-7-6-12-21(23)26(32)28-16-9-17-35-2/h3-8,10-15H,9,16-18H2,1-2H3,(H,28,32)(H,29,31). The summed E-state index contributed by atoms with van der Waals surface area (Å²) in [7, 11) is -2.52. The van der Waals surface area contributed by atoms with E-state index in [1.165, 1.54) is 12.1 Å². The van der Waals surface area contributed by atoms with Crippen LogP contribution in [0.15, 0.2) is 77.7 Å². The van der Waals surface area contributed by atoms with Crippen molar-refractivity contribution in [2.45, 2.75) is 18.2 Å². The molecule has 0 atom stereocenters. The van der Waals surface area contributed by atoms with Crippen molar-refractivity contribution in [3.05, 3.63) is 88.9 Å². The van der Waals surface area contributed by atoms with E-state index in [0.717, 1.165) is 4.31 Å². The van der Waals surface area contributed by atoms with Gasteiger partial charge < -0.3 is 15.4 Å². The molecule has 0 heterocycles. The fraction of sp³-hybridized carbons (Fsp3) is 0.231. The van der Waals surface area contributed by atoms with Gasteiger partial charge in [-0.3, -0.25) is 13.9 Å². The number of benzene rings is 3. The molecule has 3 aromatic carbocycles. The normalized spacial score (nSPS) is 11.1. The fourth-order valence-electron chi connectivity index (χ4n) is 3.51. The van der Waals surface area contributed by atoms with Crippen molar-refractivity contribution in [2.75, 3.05) is 36.4 Å². The van der Waals surface area contributed by atoms with Gasteiger partial charge in [0.25, 0.3) is 15.9 Å². The zero-order valence-corrected chi connectivity index (χ0v) is 21.6. The third-order valence-corrected chi connectivity index (χ3v) is 7.57. The predicted octanol–water partition coefficient (Wildman–Crippen LogP) is 4.25. The van der Waals surface area contributed by atoms with Crippen LogP contribution in [0.4, 0.5) is 11.4 Å². The molecule has 8 nitrogen and oxygen atoms in total. The maximum atomic E-state index is 13.6. The Labute approximate surface area is 216 Å². The molecule has 0 spiro atoms. The minimum absolute atomic E-state index is 0.0352. The lowest BCUT2D eigenvalue weighted by Gasteiger charge is -2.26. The molecule has 10 heteroatoms. The van der Waals surface area contributed by atoms with E-state index in [1.807, 2.05) is 0 Å². The fourth-order valence-corrected chi connectivity index (χ4v) is 5.18. The van der Waals surface area contributed by atoms with Gasteiger partial charge in [0.05, 0.1) is 21.8 Å². The minimum atomic E-state index is -4.10. The lowest BCUT2D eigenvalue weighted by atomic mass is 10.1. The number of carbonyl (C=O) groups is 2. The quantitative estimate of drug-likeness (QED) is 0.361. The molecule has 0 saturated heterocycles. The zero-order chi connectivity index (χ0) is 26.1. The van der Waals surface area contributed by atoms with E-state index in [4.69, 9.17) is 16.3 Å². The highest BCUT2D eigenvalue weighted by atomic mass is 35.5. The number of methoxy groups -OCH3 is 1. The van der Waals surface area contributed by atoms with Crippen molar-refractivity contribution in [2.24, 2.45) is 0 Å². The van der Waals surface area contributed by atoms with E-state index in [0.29, 0.717) is 30.2 Å². The summed E-state index contributed by atoms with van der Waals surface area (Å²) in [6, 6.07) is 19.2. The summed E-state index contributed by atoms with van der Waals surface area (Å²) < 4.78 is 33.1. The van der Waals surface area contributed by atoms with Gasteiger partial charge in [-0.1, -0.05) is 48.0 Å². The predicted molar refractivity (Wildman–Crippen MR) is 141 cm³/mol. The third kappa shape index (κ3) is 6.63. The second-order valence-corrected chi connectivity index (χ2v) is 10.2. The topological polar surface area (TPSA) is 105 Å². The number of para-hydroxylation sites is 1. The van der Waals surface area contributed by atoms with Gasteiger partial charge in [0, 0.05) is 25.3 Å². The molecule has 0 aliphatic rings. The maximum Gasteiger partial charge on any atom is 0.264 e. The number of carbonyl (C=O) groups excluding carboxylic acids is 2. The van der Waals surface area contributed by atoms with E-state index in [2.05, 4.69) is 10.6 Å². The Hall–Kier alpha value is -3.40. The molecule has 0 aliphatic heterocycles. The second kappa shape index (κ2) is 12.5. The average Bonchev–Trinajstić information content (AvgIpc) is 2.87. The Morgan fingerprint density at radius 3 is 2.39 bits per heavy atom. The molecule has 36 heavy (non-hydrogen) atoms. The largest absolute Gasteiger partial charge is 0.385 e. The lowest BCUT2D eigenvalue weighted by molar-refractivity contribution is -0.114. The van der Waals surface area contributed by atoms with E-state index in [-0.39, 0.29) is 27.7 Å². The third-order valence-electron chi connectivity index (χ3n) is 5.38. The van der Waals surface area contributed by atoms with Gasteiger partial charge in [-0.2, -0.15) is 0 Å². The minimum Gasteiger partial charge on any atom is -0.385 e. The Morgan fingerprint density at radius 1 is 0.972 bits per heavy atom. The van der Waals surface area contributed by atoms with Gasteiger partial charge in [0.2, 0.25) is 5.91 Å². The van der Waals surface area contributed by atoms with Gasteiger partial charge in [-0.25, -0.2) is 8.42 Å². The summed E-state index contributed by atoms with van der Waals surface area (Å²) in [5, 5.41) is 5.84. The highest BCUT2D eigenvalue weighted by Crippen LogP contribution is 2.31. The first-order valence-corrected chi connectivity index (χ1v) is 13.1. The van der Waals surface area contributed by atoms with Crippen molar-refractivity contribution in [1.29, 1.82) is 0 Å². The van der Waals surface area contributed by atoms with Crippen LogP contribution in [0.5, 0.6) is 0 Å². The number of ether oxygens (including phenoxy) is 1. The maximum absolute atomic E-state index is 13.6. The molecule has 190 valence electrons. The van der Waals surface area contributed by atoms with Crippen LogP contribution in [0, 0.1) is 6.92 Å². The van der Waals surface area contributed by atoms with Gasteiger partial charge in [-0.05, 0) is 55.3 Å². The zero-order valence-electron chi connectivity index (χ0n) is 20.0.